The van der Waals surface area contributed by atoms with Gasteiger partial charge >= 0.3 is 0 Å². The summed E-state index contributed by atoms with van der Waals surface area (Å²) in [5.41, 5.74) is 2.23. The van der Waals surface area contributed by atoms with Crippen LogP contribution in [0.4, 0.5) is 0 Å². The maximum atomic E-state index is 9.98. The van der Waals surface area contributed by atoms with E-state index in [4.69, 9.17) is 27.9 Å². The average Bonchev–Trinajstić information content (AvgIpc) is 2.66. The van der Waals surface area contributed by atoms with Crippen LogP contribution in [0.25, 0.3) is 0 Å². The van der Waals surface area contributed by atoms with E-state index in [1.165, 1.54) is 0 Å². The van der Waals surface area contributed by atoms with E-state index in [0.29, 0.717) is 15.8 Å². The number of para-hydroxylation sites is 1. The maximum Gasteiger partial charge on any atom is 0.158 e. The molecule has 0 amide bonds. The van der Waals surface area contributed by atoms with E-state index in [9.17, 15) is 10.2 Å². The van der Waals surface area contributed by atoms with Crippen molar-refractivity contribution in [3.8, 4) is 17.2 Å². The van der Waals surface area contributed by atoms with Crippen molar-refractivity contribution in [1.82, 2.24) is 4.90 Å². The van der Waals surface area contributed by atoms with Crippen molar-refractivity contribution in [2.45, 2.75) is 51.7 Å². The number of hydrogen-bond acceptors (Lipinski definition) is 4. The lowest BCUT2D eigenvalue weighted by atomic mass is 9.82. The average molecular weight is 424 g/mol. The van der Waals surface area contributed by atoms with E-state index in [-0.39, 0.29) is 23.6 Å². The highest BCUT2D eigenvalue weighted by atomic mass is 35.5. The van der Waals surface area contributed by atoms with Crippen LogP contribution in [0.3, 0.4) is 0 Å². The number of benzene rings is 2. The molecule has 28 heavy (non-hydrogen) atoms. The predicted molar refractivity (Wildman–Crippen MR) is 114 cm³/mol. The van der Waals surface area contributed by atoms with Gasteiger partial charge in [0, 0.05) is 13.1 Å². The van der Waals surface area contributed by atoms with Gasteiger partial charge in [-0.3, -0.25) is 4.90 Å². The number of aromatic hydroxyl groups is 2. The van der Waals surface area contributed by atoms with Gasteiger partial charge in [0.05, 0.1) is 10.0 Å². The molecule has 0 spiro atoms. The molecule has 2 unspecified atom stereocenters. The lowest BCUT2D eigenvalue weighted by Gasteiger charge is -2.35. The third kappa shape index (κ3) is 4.68. The minimum Gasteiger partial charge on any atom is -0.504 e. The van der Waals surface area contributed by atoms with E-state index in [0.717, 1.165) is 49.9 Å². The summed E-state index contributed by atoms with van der Waals surface area (Å²) < 4.78 is 6.14. The third-order valence-corrected chi connectivity index (χ3v) is 5.96. The van der Waals surface area contributed by atoms with E-state index in [1.807, 2.05) is 6.92 Å². The molecule has 1 aliphatic carbocycles. The van der Waals surface area contributed by atoms with Crippen LogP contribution in [0.15, 0.2) is 30.3 Å². The van der Waals surface area contributed by atoms with Gasteiger partial charge in [-0.25, -0.2) is 0 Å². The molecule has 0 heterocycles. The molecule has 0 aliphatic heterocycles. The zero-order valence-electron chi connectivity index (χ0n) is 16.3. The van der Waals surface area contributed by atoms with E-state index >= 15 is 0 Å². The smallest absolute Gasteiger partial charge is 0.158 e. The Labute approximate surface area is 176 Å². The first-order valence-electron chi connectivity index (χ1n) is 9.80. The predicted octanol–water partition coefficient (Wildman–Crippen LogP) is 5.96. The van der Waals surface area contributed by atoms with Gasteiger partial charge in [-0.05, 0) is 73.9 Å². The first-order chi connectivity index (χ1) is 13.4. The molecule has 2 atom stereocenters. The molecule has 2 N–H and O–H groups in total. The normalized spacial score (nSPS) is 17.4. The van der Waals surface area contributed by atoms with Crippen molar-refractivity contribution in [1.29, 1.82) is 0 Å². The summed E-state index contributed by atoms with van der Waals surface area (Å²) >= 11 is 12.5. The highest BCUT2D eigenvalue weighted by Crippen LogP contribution is 2.39. The summed E-state index contributed by atoms with van der Waals surface area (Å²) in [6.45, 7) is 5.82. The molecule has 152 valence electrons. The fourth-order valence-corrected chi connectivity index (χ4v) is 4.44. The van der Waals surface area contributed by atoms with Crippen molar-refractivity contribution in [2.75, 3.05) is 13.1 Å². The second-order valence-electron chi connectivity index (χ2n) is 7.39. The minimum absolute atomic E-state index is 0.0464. The van der Waals surface area contributed by atoms with Gasteiger partial charge in [-0.2, -0.15) is 0 Å². The Morgan fingerprint density at radius 1 is 1.18 bits per heavy atom. The summed E-state index contributed by atoms with van der Waals surface area (Å²) in [5, 5.41) is 20.8. The molecule has 0 fully saturated rings. The molecule has 1 aliphatic rings. The summed E-state index contributed by atoms with van der Waals surface area (Å²) in [6.07, 6.45) is 3.82. The van der Waals surface area contributed by atoms with Crippen LogP contribution in [-0.4, -0.2) is 34.4 Å². The molecule has 6 heteroatoms. The number of phenols is 2. The monoisotopic (exact) mass is 423 g/mol. The topological polar surface area (TPSA) is 52.9 Å². The summed E-state index contributed by atoms with van der Waals surface area (Å²) in [7, 11) is 0. The number of hydrogen-bond donors (Lipinski definition) is 2. The third-order valence-electron chi connectivity index (χ3n) is 5.36. The van der Waals surface area contributed by atoms with Gasteiger partial charge in [0.15, 0.2) is 17.2 Å². The Morgan fingerprint density at radius 2 is 1.86 bits per heavy atom. The fraction of sp³-hybridized carbons (Fsp3) is 0.455. The first kappa shape index (κ1) is 21.1. The van der Waals surface area contributed by atoms with Crippen molar-refractivity contribution < 1.29 is 14.9 Å². The molecule has 2 aromatic carbocycles. The van der Waals surface area contributed by atoms with Crippen molar-refractivity contribution >= 4 is 23.2 Å². The Morgan fingerprint density at radius 3 is 2.54 bits per heavy atom. The summed E-state index contributed by atoms with van der Waals surface area (Å²) in [5.74, 6) is 0.676. The molecule has 3 rings (SSSR count). The fourth-order valence-electron chi connectivity index (χ4n) is 3.95. The van der Waals surface area contributed by atoms with E-state index < -0.39 is 0 Å². The molecule has 0 aromatic heterocycles. The molecule has 2 aromatic rings. The molecular weight excluding hydrogens is 397 g/mol. The van der Waals surface area contributed by atoms with Crippen LogP contribution in [0.1, 0.15) is 50.2 Å². The van der Waals surface area contributed by atoms with E-state index in [1.54, 1.807) is 30.3 Å². The molecule has 4 nitrogen and oxygen atoms in total. The van der Waals surface area contributed by atoms with Crippen molar-refractivity contribution in [3.63, 3.8) is 0 Å². The van der Waals surface area contributed by atoms with Crippen molar-refractivity contribution in [3.05, 3.63) is 51.5 Å². The molecule has 0 bridgehead atoms. The Hall–Kier alpha value is -1.62. The van der Waals surface area contributed by atoms with Crippen LogP contribution >= 0.6 is 23.2 Å². The highest BCUT2D eigenvalue weighted by Gasteiger charge is 2.27. The number of halogens is 2. The Kier molecular flexibility index (Phi) is 6.97. The zero-order valence-corrected chi connectivity index (χ0v) is 17.8. The van der Waals surface area contributed by atoms with Crippen LogP contribution < -0.4 is 4.74 Å². The molecule has 0 saturated carbocycles. The second kappa shape index (κ2) is 9.25. The number of ether oxygens (including phenoxy) is 1. The largest absolute Gasteiger partial charge is 0.504 e. The SMILES string of the molecule is CCCN(CC1CCCc2cc(O)c(O)cc21)C(C)Oc1c(Cl)cccc1Cl. The lowest BCUT2D eigenvalue weighted by Crippen LogP contribution is -2.41. The summed E-state index contributed by atoms with van der Waals surface area (Å²) in [4.78, 5) is 2.28. The van der Waals surface area contributed by atoms with E-state index in [2.05, 4.69) is 11.8 Å². The maximum absolute atomic E-state index is 9.98. The van der Waals surface area contributed by atoms with Gasteiger partial charge < -0.3 is 14.9 Å². The first-order valence-corrected chi connectivity index (χ1v) is 10.6. The lowest BCUT2D eigenvalue weighted by molar-refractivity contribution is 0.0336. The number of fused-ring (bicyclic) bond motifs is 1. The van der Waals surface area contributed by atoms with Gasteiger partial charge in [-0.1, -0.05) is 36.2 Å². The zero-order chi connectivity index (χ0) is 20.3. The van der Waals surface area contributed by atoms with Crippen LogP contribution in [0.2, 0.25) is 10.0 Å². The molecular formula is C22H27Cl2NO3. The number of phenolic OH excluding ortho intramolecular Hbond substituents is 2. The van der Waals surface area contributed by atoms with Gasteiger partial charge in [0.2, 0.25) is 0 Å². The van der Waals surface area contributed by atoms with Gasteiger partial charge in [-0.15, -0.1) is 0 Å². The van der Waals surface area contributed by atoms with Crippen molar-refractivity contribution in [2.24, 2.45) is 0 Å². The van der Waals surface area contributed by atoms with Crippen LogP contribution in [-0.2, 0) is 6.42 Å². The van der Waals surface area contributed by atoms with Gasteiger partial charge in [0.25, 0.3) is 0 Å². The molecule has 0 saturated heterocycles. The Bertz CT molecular complexity index is 807. The number of rotatable bonds is 7. The van der Waals surface area contributed by atoms with Crippen LogP contribution in [0, 0.1) is 0 Å². The minimum atomic E-state index is -0.201. The summed E-state index contributed by atoms with van der Waals surface area (Å²) in [6, 6.07) is 8.75. The standard InChI is InChI=1S/C22H27Cl2NO3/c1-3-10-25(14(2)28-22-18(23)8-5-9-19(22)24)13-16-7-4-6-15-11-20(26)21(27)12-17(15)16/h5,8-9,11-12,14,16,26-27H,3-4,6-7,10,13H2,1-2H3. The number of aryl methyl sites for hydroxylation is 1. The number of nitrogens with zero attached hydrogens (tertiary/aromatic N) is 1. The Balaban J connectivity index is 1.79. The van der Waals surface area contributed by atoms with Crippen LogP contribution in [0.5, 0.6) is 17.2 Å². The molecule has 0 radical (unpaired) electrons. The quantitative estimate of drug-likeness (QED) is 0.425. The van der Waals surface area contributed by atoms with Gasteiger partial charge in [0.1, 0.15) is 6.23 Å². The second-order valence-corrected chi connectivity index (χ2v) is 8.21. The highest BCUT2D eigenvalue weighted by molar-refractivity contribution is 6.37.